The number of rotatable bonds is 6. The molecule has 0 aromatic heterocycles. The summed E-state index contributed by atoms with van der Waals surface area (Å²) >= 11 is 0. The topological polar surface area (TPSA) is 216 Å². The molecule has 204 valence electrons. The molecule has 4 aliphatic heterocycles. The molecule has 0 aromatic rings. The van der Waals surface area contributed by atoms with Crippen LogP contribution in [-0.2, 0) is 10.4 Å². The Morgan fingerprint density at radius 1 is 0.629 bits per heavy atom. The van der Waals surface area contributed by atoms with Crippen molar-refractivity contribution in [2.24, 2.45) is 56.6 Å². The number of hydrogen-bond donors (Lipinski definition) is 4. The van der Waals surface area contributed by atoms with Gasteiger partial charge in [0.25, 0.3) is 0 Å². The third-order valence-electron chi connectivity index (χ3n) is 7.42. The second-order valence-corrected chi connectivity index (χ2v) is 11.1. The van der Waals surface area contributed by atoms with Gasteiger partial charge in [-0.15, -0.1) is 0 Å². The molecule has 13 heteroatoms. The maximum Gasteiger partial charge on any atom is 0.185 e. The molecule has 0 aromatic carbocycles. The van der Waals surface area contributed by atoms with Crippen LogP contribution < -0.4 is 22.9 Å². The Morgan fingerprint density at radius 2 is 0.857 bits per heavy atom. The second kappa shape index (κ2) is 14.8. The normalized spacial score (nSPS) is 28.4. The summed E-state index contributed by atoms with van der Waals surface area (Å²) in [7, 11) is -5.17. The lowest BCUT2D eigenvalue weighted by molar-refractivity contribution is 0.259. The zero-order valence-corrected chi connectivity index (χ0v) is 21.6. The Kier molecular flexibility index (Phi) is 12.5. The minimum atomic E-state index is -5.17. The third-order valence-corrected chi connectivity index (χ3v) is 7.42. The van der Waals surface area contributed by atoms with Crippen molar-refractivity contribution in [3.63, 3.8) is 0 Å². The van der Waals surface area contributed by atoms with E-state index in [0.717, 1.165) is 49.9 Å². The minimum absolute atomic E-state index is 0.216. The van der Waals surface area contributed by atoms with Gasteiger partial charge in [0.2, 0.25) is 0 Å². The largest absolute Gasteiger partial charge is 0.759 e. The first-order valence-electron chi connectivity index (χ1n) is 12.7. The molecule has 8 N–H and O–H groups in total. The number of hydrogen-bond acceptors (Lipinski definition) is 8. The molecule has 4 saturated heterocycles. The quantitative estimate of drug-likeness (QED) is 0.152. The lowest BCUT2D eigenvalue weighted by atomic mass is 9.84. The smallest absolute Gasteiger partial charge is 0.185 e. The molecule has 6 rings (SSSR count). The molecule has 0 spiro atoms. The molecule has 6 aliphatic rings. The highest BCUT2D eigenvalue weighted by Gasteiger charge is 2.29. The lowest BCUT2D eigenvalue weighted by Crippen LogP contribution is -2.32. The van der Waals surface area contributed by atoms with Crippen LogP contribution in [0.2, 0.25) is 0 Å². The summed E-state index contributed by atoms with van der Waals surface area (Å²) in [5, 5.41) is 0. The van der Waals surface area contributed by atoms with E-state index in [9.17, 15) is 0 Å². The van der Waals surface area contributed by atoms with Gasteiger partial charge in [0.15, 0.2) is 11.9 Å². The number of fused-ring (bicyclic) bond motifs is 8. The number of guanidine groups is 2. The molecule has 4 heterocycles. The van der Waals surface area contributed by atoms with E-state index in [0.29, 0.717) is 0 Å². The highest BCUT2D eigenvalue weighted by Crippen LogP contribution is 2.34. The van der Waals surface area contributed by atoms with Crippen LogP contribution in [0.1, 0.15) is 51.4 Å². The molecular weight excluding hydrogens is 472 g/mol. The summed E-state index contributed by atoms with van der Waals surface area (Å²) in [5.74, 6) is 4.16. The van der Waals surface area contributed by atoms with Gasteiger partial charge < -0.3 is 41.8 Å². The first-order valence-corrected chi connectivity index (χ1v) is 14.0. The summed E-state index contributed by atoms with van der Waals surface area (Å²) in [6, 6.07) is 0. The zero-order valence-electron chi connectivity index (χ0n) is 20.8. The van der Waals surface area contributed by atoms with Gasteiger partial charge in [0, 0.05) is 49.7 Å². The standard InChI is InChI=1S/2C11H22N4.H2O4S/c2*12-11(13)14-5-6-15-7-9-1-2-10(8-15)4-3-9;1-5(2,3)4/h2*9-10H,1-8H2,(H4,12,13,14);(H2,1,2,3,4)/p-2. The van der Waals surface area contributed by atoms with E-state index >= 15 is 0 Å². The number of nitrogens with two attached hydrogens (primary N) is 4. The van der Waals surface area contributed by atoms with Crippen LogP contribution in [0.3, 0.4) is 0 Å². The van der Waals surface area contributed by atoms with Crippen molar-refractivity contribution in [3.05, 3.63) is 0 Å². The van der Waals surface area contributed by atoms with E-state index in [-0.39, 0.29) is 11.9 Å². The minimum Gasteiger partial charge on any atom is -0.759 e. The van der Waals surface area contributed by atoms with Gasteiger partial charge in [-0.25, -0.2) is 0 Å². The van der Waals surface area contributed by atoms with Crippen LogP contribution in [0.25, 0.3) is 0 Å². The molecule has 0 unspecified atom stereocenters. The van der Waals surface area contributed by atoms with Crippen molar-refractivity contribution in [3.8, 4) is 0 Å². The molecular formula is C22H44N8O4S-2. The highest BCUT2D eigenvalue weighted by atomic mass is 32.3. The van der Waals surface area contributed by atoms with Gasteiger partial charge in [0.1, 0.15) is 0 Å². The highest BCUT2D eigenvalue weighted by molar-refractivity contribution is 7.79. The second-order valence-electron chi connectivity index (χ2n) is 10.3. The van der Waals surface area contributed by atoms with Crippen molar-refractivity contribution >= 4 is 22.3 Å². The van der Waals surface area contributed by atoms with Gasteiger partial charge in [-0.1, -0.05) is 0 Å². The maximum atomic E-state index is 8.52. The third kappa shape index (κ3) is 13.9. The van der Waals surface area contributed by atoms with Crippen LogP contribution in [0, 0.1) is 23.7 Å². The van der Waals surface area contributed by atoms with E-state index in [1.807, 2.05) is 0 Å². The molecule has 0 radical (unpaired) electrons. The van der Waals surface area contributed by atoms with E-state index in [1.54, 1.807) is 0 Å². The first-order chi connectivity index (χ1) is 16.5. The van der Waals surface area contributed by atoms with E-state index in [4.69, 9.17) is 40.5 Å². The molecule has 35 heavy (non-hydrogen) atoms. The van der Waals surface area contributed by atoms with E-state index < -0.39 is 10.4 Å². The SMILES string of the molecule is NC(N)=NCCN1CC2CCC(CC2)C1.NC(N)=NCCN1CC2CCC(CC2)C1.O=S(=O)([O-])[O-]. The molecule has 0 atom stereocenters. The Morgan fingerprint density at radius 3 is 1.06 bits per heavy atom. The van der Waals surface area contributed by atoms with Crippen molar-refractivity contribution in [2.75, 3.05) is 52.4 Å². The van der Waals surface area contributed by atoms with Gasteiger partial charge >= 0.3 is 0 Å². The van der Waals surface area contributed by atoms with E-state index in [1.165, 1.54) is 77.5 Å². The fraction of sp³-hybridized carbons (Fsp3) is 0.909. The molecule has 12 nitrogen and oxygen atoms in total. The summed E-state index contributed by atoms with van der Waals surface area (Å²) < 4.78 is 34.1. The molecule has 2 saturated carbocycles. The Balaban J connectivity index is 0.000000208. The van der Waals surface area contributed by atoms with Gasteiger partial charge in [-0.2, -0.15) is 0 Å². The predicted molar refractivity (Wildman–Crippen MR) is 136 cm³/mol. The number of nitrogens with zero attached hydrogens (tertiary/aromatic N) is 4. The average molecular weight is 517 g/mol. The van der Waals surface area contributed by atoms with Crippen LogP contribution in [-0.4, -0.2) is 91.6 Å². The zero-order chi connectivity index (χ0) is 25.8. The lowest BCUT2D eigenvalue weighted by Gasteiger charge is -2.21. The summed E-state index contributed by atoms with van der Waals surface area (Å²) in [4.78, 5) is 13.2. The summed E-state index contributed by atoms with van der Waals surface area (Å²) in [6.45, 7) is 8.58. The fourth-order valence-corrected chi connectivity index (χ4v) is 5.81. The number of aliphatic imine (C=N–C) groups is 2. The van der Waals surface area contributed by atoms with Gasteiger partial charge in [0.05, 0.1) is 13.1 Å². The van der Waals surface area contributed by atoms with E-state index in [2.05, 4.69) is 19.8 Å². The Bertz CT molecular complexity index is 684. The average Bonchev–Trinajstić information content (AvgIpc) is 3.23. The van der Waals surface area contributed by atoms with Crippen molar-refractivity contribution in [2.45, 2.75) is 51.4 Å². The van der Waals surface area contributed by atoms with Gasteiger partial charge in [-0.3, -0.25) is 18.4 Å². The van der Waals surface area contributed by atoms with Crippen LogP contribution in [0.4, 0.5) is 0 Å². The van der Waals surface area contributed by atoms with Crippen molar-refractivity contribution < 1.29 is 17.5 Å². The van der Waals surface area contributed by atoms with Crippen LogP contribution in [0.15, 0.2) is 9.98 Å². The van der Waals surface area contributed by atoms with Crippen molar-refractivity contribution in [1.29, 1.82) is 0 Å². The van der Waals surface area contributed by atoms with Crippen LogP contribution >= 0.6 is 0 Å². The molecule has 0 amide bonds. The molecule has 4 bridgehead atoms. The summed E-state index contributed by atoms with van der Waals surface area (Å²) in [5.41, 5.74) is 21.3. The summed E-state index contributed by atoms with van der Waals surface area (Å²) in [6.07, 6.45) is 11.5. The monoisotopic (exact) mass is 516 g/mol. The van der Waals surface area contributed by atoms with Crippen molar-refractivity contribution in [1.82, 2.24) is 9.80 Å². The predicted octanol–water partition coefficient (Wildman–Crippen LogP) is -0.574. The first kappa shape index (κ1) is 29.6. The Labute approximate surface area is 210 Å². The molecule has 2 aliphatic carbocycles. The maximum absolute atomic E-state index is 8.52. The van der Waals surface area contributed by atoms with Crippen LogP contribution in [0.5, 0.6) is 0 Å². The molecule has 6 fully saturated rings. The van der Waals surface area contributed by atoms with Gasteiger partial charge in [-0.05, 0) is 75.0 Å². The Hall–Kier alpha value is -1.67. The fourth-order valence-electron chi connectivity index (χ4n) is 5.81.